The van der Waals surface area contributed by atoms with Gasteiger partial charge in [0.25, 0.3) is 0 Å². The molecule has 1 N–H and O–H groups in total. The van der Waals surface area contributed by atoms with Gasteiger partial charge in [0.05, 0.1) is 33.0 Å². The summed E-state index contributed by atoms with van der Waals surface area (Å²) in [6.07, 6.45) is 1.06. The summed E-state index contributed by atoms with van der Waals surface area (Å²) in [4.78, 5) is 0. The molecular formula is C9H18O4. The van der Waals surface area contributed by atoms with Crippen LogP contribution in [0.1, 0.15) is 0 Å². The van der Waals surface area contributed by atoms with Gasteiger partial charge in [-0.2, -0.15) is 0 Å². The van der Waals surface area contributed by atoms with Crippen LogP contribution in [0.15, 0.2) is 12.7 Å². The standard InChI is InChI=1S/C9H18O4/c1-3-4-12-7-9(10)8-13-6-5-11-2/h3,9-10H,1,4-8H2,2H3. The molecule has 4 nitrogen and oxygen atoms in total. The second-order valence-electron chi connectivity index (χ2n) is 2.55. The van der Waals surface area contributed by atoms with Crippen molar-refractivity contribution in [3.05, 3.63) is 12.7 Å². The fourth-order valence-electron chi connectivity index (χ4n) is 0.697. The summed E-state index contributed by atoms with van der Waals surface area (Å²) in [5.41, 5.74) is 0. The number of ether oxygens (including phenoxy) is 3. The predicted molar refractivity (Wildman–Crippen MR) is 49.7 cm³/mol. The molecule has 0 aromatic heterocycles. The molecule has 0 fully saturated rings. The Morgan fingerprint density at radius 1 is 1.31 bits per heavy atom. The topological polar surface area (TPSA) is 47.9 Å². The van der Waals surface area contributed by atoms with E-state index in [0.29, 0.717) is 19.8 Å². The van der Waals surface area contributed by atoms with Gasteiger partial charge in [0.2, 0.25) is 0 Å². The van der Waals surface area contributed by atoms with E-state index in [1.807, 2.05) is 0 Å². The molecule has 1 unspecified atom stereocenters. The first-order chi connectivity index (χ1) is 6.31. The number of rotatable bonds is 9. The lowest BCUT2D eigenvalue weighted by Crippen LogP contribution is -2.22. The molecule has 0 aliphatic heterocycles. The van der Waals surface area contributed by atoms with Gasteiger partial charge in [-0.1, -0.05) is 6.08 Å². The first-order valence-corrected chi connectivity index (χ1v) is 4.24. The van der Waals surface area contributed by atoms with Gasteiger partial charge < -0.3 is 19.3 Å². The van der Waals surface area contributed by atoms with Gasteiger partial charge in [-0.25, -0.2) is 0 Å². The van der Waals surface area contributed by atoms with E-state index in [2.05, 4.69) is 6.58 Å². The number of hydrogen-bond acceptors (Lipinski definition) is 4. The van der Waals surface area contributed by atoms with Crippen LogP contribution < -0.4 is 0 Å². The van der Waals surface area contributed by atoms with Crippen LogP contribution in [0.2, 0.25) is 0 Å². The molecule has 78 valence electrons. The first-order valence-electron chi connectivity index (χ1n) is 4.24. The first kappa shape index (κ1) is 12.6. The molecule has 0 spiro atoms. The fourth-order valence-corrected chi connectivity index (χ4v) is 0.697. The summed E-state index contributed by atoms with van der Waals surface area (Å²) in [6, 6.07) is 0. The Kier molecular flexibility index (Phi) is 9.35. The van der Waals surface area contributed by atoms with Gasteiger partial charge in [-0.15, -0.1) is 6.58 Å². The third-order valence-electron chi connectivity index (χ3n) is 1.29. The van der Waals surface area contributed by atoms with Crippen molar-refractivity contribution in [3.8, 4) is 0 Å². The van der Waals surface area contributed by atoms with Crippen LogP contribution in [-0.2, 0) is 14.2 Å². The zero-order chi connectivity index (χ0) is 9.94. The Morgan fingerprint density at radius 3 is 2.62 bits per heavy atom. The minimum absolute atomic E-state index is 0.277. The van der Waals surface area contributed by atoms with Crippen molar-refractivity contribution in [2.45, 2.75) is 6.10 Å². The number of hydrogen-bond donors (Lipinski definition) is 1. The zero-order valence-electron chi connectivity index (χ0n) is 8.07. The van der Waals surface area contributed by atoms with E-state index in [1.54, 1.807) is 13.2 Å². The highest BCUT2D eigenvalue weighted by Crippen LogP contribution is 1.88. The second kappa shape index (κ2) is 9.67. The minimum Gasteiger partial charge on any atom is -0.388 e. The van der Waals surface area contributed by atoms with E-state index in [-0.39, 0.29) is 13.2 Å². The molecule has 0 aliphatic carbocycles. The summed E-state index contributed by atoms with van der Waals surface area (Å²) in [5, 5.41) is 9.25. The lowest BCUT2D eigenvalue weighted by molar-refractivity contribution is -0.0235. The van der Waals surface area contributed by atoms with Gasteiger partial charge in [0.15, 0.2) is 0 Å². The van der Waals surface area contributed by atoms with Crippen LogP contribution in [-0.4, -0.2) is 51.4 Å². The normalized spacial score (nSPS) is 12.8. The third-order valence-corrected chi connectivity index (χ3v) is 1.29. The number of methoxy groups -OCH3 is 1. The zero-order valence-corrected chi connectivity index (χ0v) is 8.07. The predicted octanol–water partition coefficient (Wildman–Crippen LogP) is 0.213. The van der Waals surface area contributed by atoms with E-state index >= 15 is 0 Å². The SMILES string of the molecule is C=CCOCC(O)COCCOC. The molecule has 13 heavy (non-hydrogen) atoms. The Morgan fingerprint density at radius 2 is 2.00 bits per heavy atom. The average molecular weight is 190 g/mol. The van der Waals surface area contributed by atoms with Crippen molar-refractivity contribution in [1.82, 2.24) is 0 Å². The molecular weight excluding hydrogens is 172 g/mol. The average Bonchev–Trinajstić information content (AvgIpc) is 2.13. The fraction of sp³-hybridized carbons (Fsp3) is 0.778. The monoisotopic (exact) mass is 190 g/mol. The van der Waals surface area contributed by atoms with Crippen molar-refractivity contribution < 1.29 is 19.3 Å². The van der Waals surface area contributed by atoms with E-state index in [0.717, 1.165) is 0 Å². The van der Waals surface area contributed by atoms with Crippen LogP contribution in [0, 0.1) is 0 Å². The molecule has 0 aliphatic rings. The highest BCUT2D eigenvalue weighted by Gasteiger charge is 2.02. The van der Waals surface area contributed by atoms with Gasteiger partial charge in [0.1, 0.15) is 6.10 Å². The van der Waals surface area contributed by atoms with Gasteiger partial charge in [0, 0.05) is 7.11 Å². The van der Waals surface area contributed by atoms with E-state index in [4.69, 9.17) is 14.2 Å². The summed E-state index contributed by atoms with van der Waals surface area (Å²) in [7, 11) is 1.60. The molecule has 1 atom stereocenters. The molecule has 0 aromatic rings. The maximum atomic E-state index is 9.25. The van der Waals surface area contributed by atoms with Crippen LogP contribution in [0.4, 0.5) is 0 Å². The molecule has 0 saturated carbocycles. The Labute approximate surface area is 79.1 Å². The van der Waals surface area contributed by atoms with Crippen molar-refractivity contribution in [3.63, 3.8) is 0 Å². The van der Waals surface area contributed by atoms with Gasteiger partial charge in [-0.05, 0) is 0 Å². The maximum Gasteiger partial charge on any atom is 0.101 e. The lowest BCUT2D eigenvalue weighted by Gasteiger charge is -2.10. The summed E-state index contributed by atoms with van der Waals surface area (Å²) < 4.78 is 14.9. The third kappa shape index (κ3) is 9.49. The smallest absolute Gasteiger partial charge is 0.101 e. The van der Waals surface area contributed by atoms with E-state index in [1.165, 1.54) is 0 Å². The van der Waals surface area contributed by atoms with Crippen molar-refractivity contribution >= 4 is 0 Å². The van der Waals surface area contributed by atoms with E-state index < -0.39 is 6.10 Å². The molecule has 0 rings (SSSR count). The van der Waals surface area contributed by atoms with Crippen molar-refractivity contribution in [1.29, 1.82) is 0 Å². The van der Waals surface area contributed by atoms with E-state index in [9.17, 15) is 5.11 Å². The summed E-state index contributed by atoms with van der Waals surface area (Å²) >= 11 is 0. The molecule has 0 saturated heterocycles. The van der Waals surface area contributed by atoms with Gasteiger partial charge >= 0.3 is 0 Å². The van der Waals surface area contributed by atoms with Crippen LogP contribution in [0.5, 0.6) is 0 Å². The minimum atomic E-state index is -0.572. The quantitative estimate of drug-likeness (QED) is 0.417. The Bertz CT molecular complexity index is 116. The maximum absolute atomic E-state index is 9.25. The van der Waals surface area contributed by atoms with Crippen LogP contribution >= 0.6 is 0 Å². The number of aliphatic hydroxyl groups is 1. The number of aliphatic hydroxyl groups excluding tert-OH is 1. The second-order valence-corrected chi connectivity index (χ2v) is 2.55. The largest absolute Gasteiger partial charge is 0.388 e. The van der Waals surface area contributed by atoms with Gasteiger partial charge in [-0.3, -0.25) is 0 Å². The molecule has 0 radical (unpaired) electrons. The van der Waals surface area contributed by atoms with Crippen molar-refractivity contribution in [2.75, 3.05) is 40.1 Å². The molecule has 0 amide bonds. The molecule has 0 bridgehead atoms. The lowest BCUT2D eigenvalue weighted by atomic mass is 10.4. The Balaban J connectivity index is 3.09. The molecule has 0 heterocycles. The van der Waals surface area contributed by atoms with Crippen LogP contribution in [0.3, 0.4) is 0 Å². The molecule has 0 aromatic carbocycles. The van der Waals surface area contributed by atoms with Crippen LogP contribution in [0.25, 0.3) is 0 Å². The summed E-state index contributed by atoms with van der Waals surface area (Å²) in [5.74, 6) is 0. The summed E-state index contributed by atoms with van der Waals surface area (Å²) in [6.45, 7) is 5.54. The molecule has 4 heteroatoms. The highest BCUT2D eigenvalue weighted by atomic mass is 16.5. The highest BCUT2D eigenvalue weighted by molar-refractivity contribution is 4.64. The van der Waals surface area contributed by atoms with Crippen molar-refractivity contribution in [2.24, 2.45) is 0 Å². The Hall–Kier alpha value is -0.420.